The molecule has 1 saturated carbocycles. The number of hydrogen-bond acceptors (Lipinski definition) is 6. The van der Waals surface area contributed by atoms with E-state index in [0.717, 1.165) is 29.6 Å². The summed E-state index contributed by atoms with van der Waals surface area (Å²) in [4.78, 5) is 59.5. The van der Waals surface area contributed by atoms with Crippen molar-refractivity contribution < 1.29 is 18.8 Å². The molecule has 5 rings (SSSR count). The van der Waals surface area contributed by atoms with Crippen molar-refractivity contribution >= 4 is 29.2 Å². The van der Waals surface area contributed by atoms with Gasteiger partial charge in [-0.2, -0.15) is 9.61 Å². The maximum absolute atomic E-state index is 13.3. The average Bonchev–Trinajstić information content (AvgIpc) is 3.41. The van der Waals surface area contributed by atoms with Gasteiger partial charge in [-0.15, -0.1) is 0 Å². The Kier molecular flexibility index (Phi) is 5.81. The van der Waals surface area contributed by atoms with Crippen molar-refractivity contribution in [1.29, 1.82) is 0 Å². The highest BCUT2D eigenvalue weighted by molar-refractivity contribution is 5.99. The second kappa shape index (κ2) is 8.85. The van der Waals surface area contributed by atoms with Gasteiger partial charge in [0.15, 0.2) is 5.69 Å². The Hall–Kier alpha value is -4.09. The van der Waals surface area contributed by atoms with Crippen LogP contribution in [0.1, 0.15) is 53.2 Å². The molecule has 0 atom stereocenters. The van der Waals surface area contributed by atoms with Crippen LogP contribution in [-0.2, 0) is 17.9 Å². The van der Waals surface area contributed by atoms with Gasteiger partial charge in [0.05, 0.1) is 18.3 Å². The van der Waals surface area contributed by atoms with Crippen LogP contribution in [0.3, 0.4) is 0 Å². The molecule has 12 heteroatoms. The van der Waals surface area contributed by atoms with E-state index >= 15 is 0 Å². The van der Waals surface area contributed by atoms with Gasteiger partial charge in [0, 0.05) is 25.7 Å². The Bertz CT molecular complexity index is 1440. The van der Waals surface area contributed by atoms with E-state index in [1.165, 1.54) is 21.6 Å². The predicted molar refractivity (Wildman–Crippen MR) is 127 cm³/mol. The van der Waals surface area contributed by atoms with Crippen molar-refractivity contribution in [3.63, 3.8) is 0 Å². The molecule has 3 amide bonds. The molecule has 1 fully saturated rings. The quantitative estimate of drug-likeness (QED) is 0.530. The molecule has 1 aliphatic heterocycles. The fraction of sp³-hybridized carbons (Fsp3) is 0.417. The van der Waals surface area contributed by atoms with Crippen LogP contribution in [0.15, 0.2) is 29.2 Å². The predicted octanol–water partition coefficient (Wildman–Crippen LogP) is 1.52. The van der Waals surface area contributed by atoms with Crippen LogP contribution in [-0.4, -0.2) is 66.3 Å². The second-order valence-electron chi connectivity index (χ2n) is 9.58. The first-order chi connectivity index (χ1) is 17.1. The van der Waals surface area contributed by atoms with E-state index in [1.807, 2.05) is 13.8 Å². The number of rotatable bonds is 7. The Labute approximate surface area is 205 Å². The Morgan fingerprint density at radius 1 is 1.25 bits per heavy atom. The van der Waals surface area contributed by atoms with Crippen LogP contribution in [0.4, 0.5) is 10.2 Å². The number of pyridine rings is 1. The number of amides is 3. The third kappa shape index (κ3) is 4.23. The highest BCUT2D eigenvalue weighted by Crippen LogP contribution is 2.30. The zero-order valence-corrected chi connectivity index (χ0v) is 20.2. The molecule has 0 spiro atoms. The summed E-state index contributed by atoms with van der Waals surface area (Å²) in [5.74, 6) is -1.20. The van der Waals surface area contributed by atoms with Crippen molar-refractivity contribution in [1.82, 2.24) is 29.0 Å². The summed E-state index contributed by atoms with van der Waals surface area (Å²) in [5, 5.41) is 6.84. The summed E-state index contributed by atoms with van der Waals surface area (Å²) < 4.78 is 15.7. The molecule has 4 heterocycles. The first-order valence-corrected chi connectivity index (χ1v) is 11.8. The standard InChI is InChI=1S/C24H26FN7O4/c1-13(2)30-11-16-21(24(30)36)31(12-19(33)27-18-7-6-15(25)9-26-18)20-8-17(28-32(20)22(16)34)23(35)29(3)10-14-4-5-14/h6-9,13-14H,4-5,10-12H2,1-3H3,(H,26,27,33). The lowest BCUT2D eigenvalue weighted by atomic mass is 10.2. The molecule has 0 bridgehead atoms. The van der Waals surface area contributed by atoms with E-state index in [0.29, 0.717) is 12.5 Å². The van der Waals surface area contributed by atoms with E-state index in [4.69, 9.17) is 0 Å². The largest absolute Gasteiger partial charge is 0.340 e. The summed E-state index contributed by atoms with van der Waals surface area (Å²) in [6, 6.07) is 3.74. The van der Waals surface area contributed by atoms with Crippen molar-refractivity contribution in [2.24, 2.45) is 5.92 Å². The van der Waals surface area contributed by atoms with Gasteiger partial charge in [0.2, 0.25) is 5.91 Å². The molecule has 0 unspecified atom stereocenters. The molecular formula is C24H26FN7O4. The van der Waals surface area contributed by atoms with Gasteiger partial charge in [0.1, 0.15) is 29.5 Å². The van der Waals surface area contributed by atoms with Gasteiger partial charge < -0.3 is 19.7 Å². The number of aromatic nitrogens is 4. The number of halogens is 1. The lowest BCUT2D eigenvalue weighted by Crippen LogP contribution is -2.32. The molecule has 36 heavy (non-hydrogen) atoms. The number of anilines is 1. The highest BCUT2D eigenvalue weighted by atomic mass is 19.1. The molecule has 1 aliphatic carbocycles. The smallest absolute Gasteiger partial charge is 0.280 e. The van der Waals surface area contributed by atoms with E-state index < -0.39 is 17.3 Å². The highest BCUT2D eigenvalue weighted by Gasteiger charge is 2.37. The van der Waals surface area contributed by atoms with Crippen LogP contribution in [0.5, 0.6) is 0 Å². The van der Waals surface area contributed by atoms with E-state index in [2.05, 4.69) is 15.4 Å². The van der Waals surface area contributed by atoms with Crippen LogP contribution >= 0.6 is 0 Å². The Morgan fingerprint density at radius 2 is 2.00 bits per heavy atom. The molecule has 3 aromatic heterocycles. The number of fused-ring (bicyclic) bond motifs is 2. The van der Waals surface area contributed by atoms with Gasteiger partial charge in [-0.05, 0) is 44.7 Å². The molecular weight excluding hydrogens is 469 g/mol. The SMILES string of the molecule is CC(C)N1Cc2c(n(CC(=O)Nc3ccc(F)cn3)c3cc(C(=O)N(C)CC4CC4)nn3c2=O)C1=O. The van der Waals surface area contributed by atoms with Gasteiger partial charge in [0.25, 0.3) is 17.4 Å². The van der Waals surface area contributed by atoms with Crippen LogP contribution in [0.25, 0.3) is 5.65 Å². The minimum Gasteiger partial charge on any atom is -0.340 e. The number of nitrogens with zero attached hydrogens (tertiary/aromatic N) is 6. The fourth-order valence-corrected chi connectivity index (χ4v) is 4.41. The normalized spacial score (nSPS) is 15.0. The molecule has 3 aromatic rings. The zero-order chi connectivity index (χ0) is 25.7. The lowest BCUT2D eigenvalue weighted by molar-refractivity contribution is -0.116. The fourth-order valence-electron chi connectivity index (χ4n) is 4.41. The number of hydrogen-bond donors (Lipinski definition) is 1. The topological polar surface area (TPSA) is 122 Å². The molecule has 188 valence electrons. The molecule has 1 N–H and O–H groups in total. The number of nitrogens with one attached hydrogen (secondary N) is 1. The van der Waals surface area contributed by atoms with E-state index in [9.17, 15) is 23.6 Å². The van der Waals surface area contributed by atoms with Gasteiger partial charge in [-0.25, -0.2) is 9.37 Å². The van der Waals surface area contributed by atoms with Crippen molar-refractivity contribution in [3.8, 4) is 0 Å². The number of carbonyl (C=O) groups excluding carboxylic acids is 3. The van der Waals surface area contributed by atoms with Crippen molar-refractivity contribution in [3.05, 3.63) is 57.5 Å². The third-order valence-corrected chi connectivity index (χ3v) is 6.48. The summed E-state index contributed by atoms with van der Waals surface area (Å²) in [6.07, 6.45) is 3.13. The zero-order valence-electron chi connectivity index (χ0n) is 20.2. The Morgan fingerprint density at radius 3 is 2.64 bits per heavy atom. The van der Waals surface area contributed by atoms with Gasteiger partial charge in [-0.3, -0.25) is 19.2 Å². The monoisotopic (exact) mass is 495 g/mol. The molecule has 0 saturated heterocycles. The summed E-state index contributed by atoms with van der Waals surface area (Å²) >= 11 is 0. The minimum absolute atomic E-state index is 0.0569. The van der Waals surface area contributed by atoms with Crippen molar-refractivity contribution in [2.75, 3.05) is 18.9 Å². The first-order valence-electron chi connectivity index (χ1n) is 11.8. The van der Waals surface area contributed by atoms with Crippen LogP contribution in [0, 0.1) is 11.7 Å². The maximum atomic E-state index is 13.3. The van der Waals surface area contributed by atoms with Crippen molar-refractivity contribution in [2.45, 2.75) is 45.8 Å². The average molecular weight is 496 g/mol. The molecule has 0 radical (unpaired) electrons. The first kappa shape index (κ1) is 23.6. The van der Waals surface area contributed by atoms with Crippen LogP contribution < -0.4 is 10.9 Å². The number of carbonyl (C=O) groups is 3. The summed E-state index contributed by atoms with van der Waals surface area (Å²) in [7, 11) is 1.68. The van der Waals surface area contributed by atoms with E-state index in [-0.39, 0.29) is 59.4 Å². The van der Waals surface area contributed by atoms with E-state index in [1.54, 1.807) is 11.9 Å². The van der Waals surface area contributed by atoms with Crippen LogP contribution in [0.2, 0.25) is 0 Å². The molecule has 0 aromatic carbocycles. The molecule has 2 aliphatic rings. The lowest BCUT2D eigenvalue weighted by Gasteiger charge is -2.20. The second-order valence-corrected chi connectivity index (χ2v) is 9.58. The third-order valence-electron chi connectivity index (χ3n) is 6.48. The Balaban J connectivity index is 1.56. The maximum Gasteiger partial charge on any atom is 0.280 e. The summed E-state index contributed by atoms with van der Waals surface area (Å²) in [6.45, 7) is 4.00. The van der Waals surface area contributed by atoms with Gasteiger partial charge >= 0.3 is 0 Å². The molecule has 11 nitrogen and oxygen atoms in total. The van der Waals surface area contributed by atoms with Gasteiger partial charge in [-0.1, -0.05) is 0 Å². The minimum atomic E-state index is -0.546. The summed E-state index contributed by atoms with van der Waals surface area (Å²) in [5.41, 5.74) is 0.0118.